The molecule has 366 valence electrons. The van der Waals surface area contributed by atoms with E-state index in [1.54, 1.807) is 0 Å². The molecule has 1 amide bonds. The van der Waals surface area contributed by atoms with E-state index in [-0.39, 0.29) is 24.9 Å². The van der Waals surface area contributed by atoms with Gasteiger partial charge in [0.05, 0.1) is 25.2 Å². The van der Waals surface area contributed by atoms with Crippen molar-refractivity contribution >= 4 is 11.9 Å². The standard InChI is InChI=1S/C56H107NO5/c1-4-7-10-13-16-19-22-24-26-27-28-29-30-32-34-37-40-43-46-49-56(61)62-52(47-44-41-38-35-33-31-25-23-20-17-14-11-8-5-2)50-55(60)57-53(51-58)54(59)48-45-42-39-36-21-18-15-12-9-6-3/h16,19,24,26,52-54,58-59H,4-15,17-18,20-23,25,27-51H2,1-3H3,(H,57,60)/b19-16-,26-24-. The number of hydrogen-bond donors (Lipinski definition) is 3. The van der Waals surface area contributed by atoms with Crippen LogP contribution in [0.2, 0.25) is 0 Å². The Balaban J connectivity index is 4.49. The van der Waals surface area contributed by atoms with E-state index in [0.29, 0.717) is 19.3 Å². The number of amides is 1. The Morgan fingerprint density at radius 2 is 0.823 bits per heavy atom. The van der Waals surface area contributed by atoms with Crippen LogP contribution in [0.3, 0.4) is 0 Å². The SMILES string of the molecule is CCCCC/C=C\C/C=C\CCCCCCCCCCCC(=O)OC(CCCCCCCCCCCCCCCC)CC(=O)NC(CO)C(O)CCCCCCCCCCCC. The minimum Gasteiger partial charge on any atom is -0.462 e. The first-order valence-corrected chi connectivity index (χ1v) is 27.6. The Bertz CT molecular complexity index is 981. The molecule has 3 unspecified atom stereocenters. The third-order valence-corrected chi connectivity index (χ3v) is 12.8. The van der Waals surface area contributed by atoms with Crippen molar-refractivity contribution in [2.24, 2.45) is 0 Å². The molecule has 0 saturated heterocycles. The molecule has 0 aromatic heterocycles. The molecule has 0 aliphatic heterocycles. The van der Waals surface area contributed by atoms with E-state index in [2.05, 4.69) is 50.4 Å². The molecule has 0 rings (SSSR count). The molecule has 0 aliphatic carbocycles. The van der Waals surface area contributed by atoms with Gasteiger partial charge in [-0.25, -0.2) is 0 Å². The molecule has 3 N–H and O–H groups in total. The molecule has 0 spiro atoms. The Kier molecular flexibility index (Phi) is 49.0. The van der Waals surface area contributed by atoms with Gasteiger partial charge in [0.2, 0.25) is 5.91 Å². The number of aliphatic hydroxyl groups excluding tert-OH is 2. The Morgan fingerprint density at radius 1 is 0.468 bits per heavy atom. The number of allylic oxidation sites excluding steroid dienone is 4. The van der Waals surface area contributed by atoms with Crippen LogP contribution in [0.15, 0.2) is 24.3 Å². The number of esters is 1. The summed E-state index contributed by atoms with van der Waals surface area (Å²) in [5.74, 6) is -0.461. The third-order valence-electron chi connectivity index (χ3n) is 12.8. The summed E-state index contributed by atoms with van der Waals surface area (Å²) in [6.45, 7) is 6.47. The lowest BCUT2D eigenvalue weighted by molar-refractivity contribution is -0.151. The van der Waals surface area contributed by atoms with Gasteiger partial charge in [0.1, 0.15) is 6.10 Å². The molecule has 6 nitrogen and oxygen atoms in total. The number of hydrogen-bond acceptors (Lipinski definition) is 5. The highest BCUT2D eigenvalue weighted by atomic mass is 16.5. The van der Waals surface area contributed by atoms with Crippen LogP contribution < -0.4 is 5.32 Å². The van der Waals surface area contributed by atoms with Crippen molar-refractivity contribution in [3.05, 3.63) is 24.3 Å². The summed E-state index contributed by atoms with van der Waals surface area (Å²) in [6.07, 6.45) is 58.1. The van der Waals surface area contributed by atoms with Gasteiger partial charge in [-0.15, -0.1) is 0 Å². The van der Waals surface area contributed by atoms with E-state index in [4.69, 9.17) is 4.74 Å². The maximum absolute atomic E-state index is 13.2. The predicted molar refractivity (Wildman–Crippen MR) is 269 cm³/mol. The summed E-state index contributed by atoms with van der Waals surface area (Å²) in [5.41, 5.74) is 0. The number of carbonyl (C=O) groups is 2. The number of nitrogens with one attached hydrogen (secondary N) is 1. The van der Waals surface area contributed by atoms with Crippen LogP contribution in [0.5, 0.6) is 0 Å². The molecule has 0 fully saturated rings. The summed E-state index contributed by atoms with van der Waals surface area (Å²) in [5, 5.41) is 23.8. The van der Waals surface area contributed by atoms with Crippen LogP contribution in [0.1, 0.15) is 297 Å². The van der Waals surface area contributed by atoms with E-state index in [1.165, 1.54) is 199 Å². The molecule has 0 aliphatic rings. The van der Waals surface area contributed by atoms with Crippen molar-refractivity contribution in [3.63, 3.8) is 0 Å². The number of carbonyl (C=O) groups excluding carboxylic acids is 2. The van der Waals surface area contributed by atoms with Gasteiger partial charge in [0.15, 0.2) is 0 Å². The lowest BCUT2D eigenvalue weighted by Gasteiger charge is -2.24. The van der Waals surface area contributed by atoms with Crippen molar-refractivity contribution < 1.29 is 24.5 Å². The Hall–Kier alpha value is -1.66. The summed E-state index contributed by atoms with van der Waals surface area (Å²) in [7, 11) is 0. The average molecular weight is 874 g/mol. The number of unbranched alkanes of at least 4 members (excludes halogenated alkanes) is 34. The lowest BCUT2D eigenvalue weighted by atomic mass is 10.0. The largest absolute Gasteiger partial charge is 0.462 e. The molecule has 6 heteroatoms. The van der Waals surface area contributed by atoms with Gasteiger partial charge in [-0.1, -0.05) is 251 Å². The zero-order valence-electron chi connectivity index (χ0n) is 41.8. The van der Waals surface area contributed by atoms with Crippen molar-refractivity contribution in [2.45, 2.75) is 315 Å². The Morgan fingerprint density at radius 3 is 1.26 bits per heavy atom. The molecule has 0 saturated carbocycles. The van der Waals surface area contributed by atoms with Crippen LogP contribution in [0.25, 0.3) is 0 Å². The lowest BCUT2D eigenvalue weighted by Crippen LogP contribution is -2.46. The van der Waals surface area contributed by atoms with Crippen molar-refractivity contribution in [3.8, 4) is 0 Å². The topological polar surface area (TPSA) is 95.9 Å². The fourth-order valence-corrected chi connectivity index (χ4v) is 8.58. The Labute approximate surface area is 386 Å². The van der Waals surface area contributed by atoms with Gasteiger partial charge in [0, 0.05) is 6.42 Å². The van der Waals surface area contributed by atoms with E-state index < -0.39 is 18.2 Å². The molecule has 0 aromatic rings. The second-order valence-electron chi connectivity index (χ2n) is 19.0. The number of rotatable bonds is 50. The number of ether oxygens (including phenoxy) is 1. The van der Waals surface area contributed by atoms with E-state index >= 15 is 0 Å². The first-order chi connectivity index (χ1) is 30.5. The molecule has 62 heavy (non-hydrogen) atoms. The van der Waals surface area contributed by atoms with Gasteiger partial charge in [-0.3, -0.25) is 9.59 Å². The molecule has 0 heterocycles. The van der Waals surface area contributed by atoms with E-state index in [0.717, 1.165) is 51.4 Å². The minimum absolute atomic E-state index is 0.0818. The second-order valence-corrected chi connectivity index (χ2v) is 19.0. The molecule has 0 radical (unpaired) electrons. The fourth-order valence-electron chi connectivity index (χ4n) is 8.58. The monoisotopic (exact) mass is 874 g/mol. The molecular weight excluding hydrogens is 767 g/mol. The van der Waals surface area contributed by atoms with Gasteiger partial charge in [-0.05, 0) is 57.8 Å². The second kappa shape index (κ2) is 50.3. The maximum atomic E-state index is 13.2. The zero-order valence-corrected chi connectivity index (χ0v) is 41.8. The highest BCUT2D eigenvalue weighted by molar-refractivity contribution is 5.77. The first kappa shape index (κ1) is 60.3. The summed E-state index contributed by atoms with van der Waals surface area (Å²) in [6, 6.07) is -0.696. The van der Waals surface area contributed by atoms with Gasteiger partial charge >= 0.3 is 5.97 Å². The predicted octanol–water partition coefficient (Wildman–Crippen LogP) is 16.7. The highest BCUT2D eigenvalue weighted by Gasteiger charge is 2.24. The number of aliphatic hydroxyl groups is 2. The van der Waals surface area contributed by atoms with Gasteiger partial charge in [0.25, 0.3) is 0 Å². The van der Waals surface area contributed by atoms with Gasteiger partial charge < -0.3 is 20.3 Å². The minimum atomic E-state index is -0.783. The smallest absolute Gasteiger partial charge is 0.306 e. The maximum Gasteiger partial charge on any atom is 0.306 e. The van der Waals surface area contributed by atoms with Crippen LogP contribution in [0.4, 0.5) is 0 Å². The van der Waals surface area contributed by atoms with E-state index in [1.807, 2.05) is 0 Å². The van der Waals surface area contributed by atoms with Crippen molar-refractivity contribution in [1.82, 2.24) is 5.32 Å². The normalized spacial score (nSPS) is 13.3. The molecule has 0 bridgehead atoms. The molecular formula is C56H107NO5. The van der Waals surface area contributed by atoms with Crippen LogP contribution in [0, 0.1) is 0 Å². The fraction of sp³-hybridized carbons (Fsp3) is 0.893. The van der Waals surface area contributed by atoms with Crippen LogP contribution in [-0.2, 0) is 14.3 Å². The van der Waals surface area contributed by atoms with E-state index in [9.17, 15) is 19.8 Å². The molecule has 3 atom stereocenters. The summed E-state index contributed by atoms with van der Waals surface area (Å²) in [4.78, 5) is 26.2. The highest BCUT2D eigenvalue weighted by Crippen LogP contribution is 2.19. The average Bonchev–Trinajstić information content (AvgIpc) is 3.26. The first-order valence-electron chi connectivity index (χ1n) is 27.6. The van der Waals surface area contributed by atoms with Crippen molar-refractivity contribution in [1.29, 1.82) is 0 Å². The van der Waals surface area contributed by atoms with Crippen LogP contribution >= 0.6 is 0 Å². The van der Waals surface area contributed by atoms with Gasteiger partial charge in [-0.2, -0.15) is 0 Å². The third kappa shape index (κ3) is 44.9. The van der Waals surface area contributed by atoms with Crippen molar-refractivity contribution in [2.75, 3.05) is 6.61 Å². The summed E-state index contributed by atoms with van der Waals surface area (Å²) < 4.78 is 5.95. The summed E-state index contributed by atoms with van der Waals surface area (Å²) >= 11 is 0. The quantitative estimate of drug-likeness (QED) is 0.0321. The molecule has 0 aromatic carbocycles. The zero-order chi connectivity index (χ0) is 45.2. The van der Waals surface area contributed by atoms with Crippen LogP contribution in [-0.4, -0.2) is 46.9 Å².